The lowest BCUT2D eigenvalue weighted by Gasteiger charge is -2.57. The number of ether oxygens (including phenoxy) is 1. The number of carbonyl (C=O) groups is 2. The number of rotatable bonds is 4. The Morgan fingerprint density at radius 2 is 2.00 bits per heavy atom. The molecule has 5 rings (SSSR count). The summed E-state index contributed by atoms with van der Waals surface area (Å²) >= 11 is 0. The molecule has 1 aromatic carbocycles. The first-order chi connectivity index (χ1) is 14.5. The van der Waals surface area contributed by atoms with E-state index in [1.54, 1.807) is 12.1 Å². The first kappa shape index (κ1) is 20.0. The summed E-state index contributed by atoms with van der Waals surface area (Å²) < 4.78 is 18.8. The smallest absolute Gasteiger partial charge is 0.321 e. The molecule has 4 aliphatic rings. The van der Waals surface area contributed by atoms with Crippen LogP contribution in [0.15, 0.2) is 24.3 Å². The molecule has 2 bridgehead atoms. The monoisotopic (exact) mass is 414 g/mol. The molecule has 1 saturated carbocycles. The molecule has 0 aromatic heterocycles. The summed E-state index contributed by atoms with van der Waals surface area (Å²) in [5, 5.41) is 0. The van der Waals surface area contributed by atoms with Crippen molar-refractivity contribution in [2.75, 3.05) is 26.7 Å². The van der Waals surface area contributed by atoms with Crippen molar-refractivity contribution in [3.8, 4) is 0 Å². The zero-order valence-electron chi connectivity index (χ0n) is 17.7. The zero-order valence-corrected chi connectivity index (χ0v) is 17.7. The van der Waals surface area contributed by atoms with E-state index < -0.39 is 5.41 Å². The Hall–Kier alpha value is -1.95. The highest BCUT2D eigenvalue weighted by Crippen LogP contribution is 2.50. The van der Waals surface area contributed by atoms with Crippen LogP contribution in [-0.2, 0) is 20.7 Å². The van der Waals surface area contributed by atoms with Gasteiger partial charge in [0.2, 0.25) is 5.91 Å². The predicted octanol–water partition coefficient (Wildman–Crippen LogP) is 3.02. The molecule has 3 saturated heterocycles. The van der Waals surface area contributed by atoms with E-state index in [1.165, 1.54) is 32.4 Å². The Morgan fingerprint density at radius 3 is 2.73 bits per heavy atom. The maximum absolute atomic E-state index is 13.8. The van der Waals surface area contributed by atoms with Gasteiger partial charge in [0.1, 0.15) is 11.2 Å². The number of benzene rings is 1. The van der Waals surface area contributed by atoms with Crippen molar-refractivity contribution in [2.24, 2.45) is 17.3 Å². The number of methoxy groups -OCH3 is 1. The minimum atomic E-state index is -0.926. The minimum Gasteiger partial charge on any atom is -0.468 e. The van der Waals surface area contributed by atoms with Crippen molar-refractivity contribution in [1.29, 1.82) is 0 Å². The van der Waals surface area contributed by atoms with Crippen LogP contribution in [0.2, 0.25) is 0 Å². The minimum absolute atomic E-state index is 0.0298. The van der Waals surface area contributed by atoms with E-state index in [0.717, 1.165) is 31.5 Å². The van der Waals surface area contributed by atoms with E-state index >= 15 is 0 Å². The summed E-state index contributed by atoms with van der Waals surface area (Å²) in [6, 6.07) is 7.74. The van der Waals surface area contributed by atoms with Crippen molar-refractivity contribution in [1.82, 2.24) is 9.80 Å². The van der Waals surface area contributed by atoms with Gasteiger partial charge in [0, 0.05) is 25.2 Å². The summed E-state index contributed by atoms with van der Waals surface area (Å²) in [6.07, 6.45) is 6.76. The highest BCUT2D eigenvalue weighted by atomic mass is 19.1. The quantitative estimate of drug-likeness (QED) is 0.561. The van der Waals surface area contributed by atoms with Crippen molar-refractivity contribution in [3.05, 3.63) is 35.6 Å². The fraction of sp³-hybridized carbons (Fsp3) is 0.667. The van der Waals surface area contributed by atoms with E-state index in [4.69, 9.17) is 4.74 Å². The third-order valence-corrected chi connectivity index (χ3v) is 7.98. The van der Waals surface area contributed by atoms with Gasteiger partial charge in [-0.25, -0.2) is 4.39 Å². The number of halogens is 1. The van der Waals surface area contributed by atoms with Crippen LogP contribution in [0.4, 0.5) is 4.39 Å². The fourth-order valence-corrected chi connectivity index (χ4v) is 6.39. The molecule has 0 spiro atoms. The molecule has 30 heavy (non-hydrogen) atoms. The molecule has 1 aromatic rings. The van der Waals surface area contributed by atoms with E-state index in [1.807, 2.05) is 11.0 Å². The number of fused-ring (bicyclic) bond motifs is 4. The molecule has 0 N–H and O–H groups in total. The summed E-state index contributed by atoms with van der Waals surface area (Å²) in [7, 11) is 1.37. The van der Waals surface area contributed by atoms with Gasteiger partial charge in [-0.2, -0.15) is 0 Å². The van der Waals surface area contributed by atoms with Crippen molar-refractivity contribution >= 4 is 11.9 Å². The lowest BCUT2D eigenvalue weighted by molar-refractivity contribution is -0.160. The Kier molecular flexibility index (Phi) is 5.08. The number of piperidine rings is 3. The van der Waals surface area contributed by atoms with Crippen LogP contribution in [0.1, 0.15) is 44.1 Å². The number of esters is 1. The molecule has 162 valence electrons. The van der Waals surface area contributed by atoms with Crippen molar-refractivity contribution < 1.29 is 18.7 Å². The van der Waals surface area contributed by atoms with Crippen LogP contribution in [0, 0.1) is 23.1 Å². The highest BCUT2D eigenvalue weighted by Gasteiger charge is 2.60. The Morgan fingerprint density at radius 1 is 1.20 bits per heavy atom. The first-order valence-electron chi connectivity index (χ1n) is 11.4. The molecule has 1 aliphatic carbocycles. The van der Waals surface area contributed by atoms with Crippen LogP contribution in [0.25, 0.3) is 0 Å². The molecule has 4 fully saturated rings. The van der Waals surface area contributed by atoms with E-state index in [2.05, 4.69) is 4.90 Å². The fourth-order valence-electron chi connectivity index (χ4n) is 6.39. The molecule has 3 heterocycles. The lowest BCUT2D eigenvalue weighted by Crippen LogP contribution is -2.65. The summed E-state index contributed by atoms with van der Waals surface area (Å²) in [4.78, 5) is 30.3. The van der Waals surface area contributed by atoms with Gasteiger partial charge in [0.05, 0.1) is 7.11 Å². The second kappa shape index (κ2) is 7.63. The van der Waals surface area contributed by atoms with Gasteiger partial charge in [-0.05, 0) is 74.6 Å². The molecule has 0 radical (unpaired) electrons. The number of hydrogen-bond donors (Lipinski definition) is 0. The normalized spacial score (nSPS) is 32.3. The maximum Gasteiger partial charge on any atom is 0.321 e. The van der Waals surface area contributed by atoms with Gasteiger partial charge in [0.25, 0.3) is 0 Å². The van der Waals surface area contributed by atoms with Gasteiger partial charge in [-0.3, -0.25) is 14.5 Å². The summed E-state index contributed by atoms with van der Waals surface area (Å²) in [5.41, 5.74) is 0.101. The van der Waals surface area contributed by atoms with Crippen LogP contribution in [0.3, 0.4) is 0 Å². The SMILES string of the molecule is COC(=O)C1(C(=O)N2C[C@H]3C[C@@H](C2)[C@H](Cc2cccc(F)c2)N2CCCC[C@@H]32)CC1. The third kappa shape index (κ3) is 3.33. The van der Waals surface area contributed by atoms with Gasteiger partial charge >= 0.3 is 5.97 Å². The Balaban J connectivity index is 1.40. The Bertz CT molecular complexity index is 839. The summed E-state index contributed by atoms with van der Waals surface area (Å²) in [6.45, 7) is 2.54. The number of carbonyl (C=O) groups excluding carboxylic acids is 2. The van der Waals surface area contributed by atoms with Crippen LogP contribution < -0.4 is 0 Å². The van der Waals surface area contributed by atoms with Crippen LogP contribution >= 0.6 is 0 Å². The molecule has 3 aliphatic heterocycles. The summed E-state index contributed by atoms with van der Waals surface area (Å²) in [5.74, 6) is 0.228. The second-order valence-corrected chi connectivity index (χ2v) is 9.74. The molecular weight excluding hydrogens is 383 g/mol. The number of nitrogens with zero attached hydrogens (tertiary/aromatic N) is 2. The van der Waals surface area contributed by atoms with Gasteiger partial charge in [-0.1, -0.05) is 18.6 Å². The topological polar surface area (TPSA) is 49.9 Å². The van der Waals surface area contributed by atoms with Crippen LogP contribution in [-0.4, -0.2) is 60.5 Å². The molecule has 1 amide bonds. The number of likely N-dealkylation sites (tertiary alicyclic amines) is 1. The lowest BCUT2D eigenvalue weighted by atomic mass is 9.70. The molecule has 5 nitrogen and oxygen atoms in total. The van der Waals surface area contributed by atoms with Gasteiger partial charge < -0.3 is 9.64 Å². The van der Waals surface area contributed by atoms with E-state index in [9.17, 15) is 14.0 Å². The largest absolute Gasteiger partial charge is 0.468 e. The maximum atomic E-state index is 13.8. The van der Waals surface area contributed by atoms with Gasteiger partial charge in [0.15, 0.2) is 0 Å². The van der Waals surface area contributed by atoms with Gasteiger partial charge in [-0.15, -0.1) is 0 Å². The van der Waals surface area contributed by atoms with Crippen molar-refractivity contribution in [3.63, 3.8) is 0 Å². The zero-order chi connectivity index (χ0) is 20.9. The molecule has 0 unspecified atom stereocenters. The number of amides is 1. The van der Waals surface area contributed by atoms with Crippen molar-refractivity contribution in [2.45, 2.75) is 57.0 Å². The third-order valence-electron chi connectivity index (χ3n) is 7.98. The van der Waals surface area contributed by atoms with E-state index in [0.29, 0.717) is 43.3 Å². The standard InChI is InChI=1S/C24H31FN2O3/c1-30-23(29)24(8-9-24)22(28)26-14-17-13-18(15-26)21(27-10-3-2-7-20(17)27)12-16-5-4-6-19(25)11-16/h4-6,11,17-18,20-21H,2-3,7-10,12-15H2,1H3/t17-,18+,20+,21+/m1/s1. The van der Waals surface area contributed by atoms with E-state index in [-0.39, 0.29) is 17.7 Å². The number of hydrogen-bond acceptors (Lipinski definition) is 4. The average Bonchev–Trinajstić information content (AvgIpc) is 3.57. The highest BCUT2D eigenvalue weighted by molar-refractivity contribution is 6.05. The van der Waals surface area contributed by atoms with Crippen LogP contribution in [0.5, 0.6) is 0 Å². The predicted molar refractivity (Wildman–Crippen MR) is 110 cm³/mol. The average molecular weight is 415 g/mol. The molecule has 4 atom stereocenters. The second-order valence-electron chi connectivity index (χ2n) is 9.74. The molecule has 6 heteroatoms. The first-order valence-corrected chi connectivity index (χ1v) is 11.4. The molecular formula is C24H31FN2O3. The Labute approximate surface area is 177 Å².